The molecule has 2 heterocycles. The van der Waals surface area contributed by atoms with Gasteiger partial charge in [0.2, 0.25) is 0 Å². The lowest BCUT2D eigenvalue weighted by Gasteiger charge is -2.17. The second kappa shape index (κ2) is 5.63. The van der Waals surface area contributed by atoms with E-state index in [1.165, 1.54) is 12.1 Å². The van der Waals surface area contributed by atoms with E-state index in [9.17, 15) is 13.2 Å². The first-order chi connectivity index (χ1) is 10.5. The van der Waals surface area contributed by atoms with Gasteiger partial charge in [-0.3, -0.25) is 0 Å². The summed E-state index contributed by atoms with van der Waals surface area (Å²) in [6, 6.07) is 13.5. The Hall–Kier alpha value is -2.63. The molecule has 0 aliphatic carbocycles. The van der Waals surface area contributed by atoms with Crippen molar-refractivity contribution in [3.8, 4) is 5.75 Å². The number of halogens is 3. The van der Waals surface area contributed by atoms with Crippen molar-refractivity contribution in [1.29, 1.82) is 0 Å². The number of rotatable bonds is 4. The van der Waals surface area contributed by atoms with E-state index in [1.807, 2.05) is 24.3 Å². The van der Waals surface area contributed by atoms with E-state index in [1.54, 1.807) is 24.5 Å². The summed E-state index contributed by atoms with van der Waals surface area (Å²) < 4.78 is 41.2. The number of H-pyrrole nitrogens is 2. The zero-order valence-corrected chi connectivity index (χ0v) is 11.4. The minimum atomic E-state index is -4.70. The molecule has 0 radical (unpaired) electrons. The lowest BCUT2D eigenvalue weighted by Crippen LogP contribution is -2.17. The standard InChI is InChI=1S/C16H13F3N2O/c17-16(18,19)22-12-5-1-4-11(10-12)15(13-6-2-8-20-13)14-7-3-9-21-14/h1-10,15,20-21H. The topological polar surface area (TPSA) is 40.8 Å². The van der Waals surface area contributed by atoms with Crippen LogP contribution in [0.5, 0.6) is 5.75 Å². The normalized spacial score (nSPS) is 11.8. The van der Waals surface area contributed by atoms with Crippen LogP contribution in [0.15, 0.2) is 60.9 Å². The molecule has 3 aromatic rings. The third kappa shape index (κ3) is 3.16. The minimum Gasteiger partial charge on any atom is -0.406 e. The highest BCUT2D eigenvalue weighted by atomic mass is 19.4. The summed E-state index contributed by atoms with van der Waals surface area (Å²) in [5, 5.41) is 0. The van der Waals surface area contributed by atoms with Gasteiger partial charge in [0, 0.05) is 23.8 Å². The molecule has 22 heavy (non-hydrogen) atoms. The number of aromatic amines is 2. The molecule has 3 nitrogen and oxygen atoms in total. The van der Waals surface area contributed by atoms with Gasteiger partial charge in [0.1, 0.15) is 5.75 Å². The molecule has 6 heteroatoms. The zero-order chi connectivity index (χ0) is 15.6. The molecule has 0 atom stereocenters. The van der Waals surface area contributed by atoms with Crippen molar-refractivity contribution in [3.63, 3.8) is 0 Å². The first-order valence-corrected chi connectivity index (χ1v) is 6.65. The average molecular weight is 306 g/mol. The second-order valence-electron chi connectivity index (χ2n) is 4.80. The van der Waals surface area contributed by atoms with Crippen LogP contribution < -0.4 is 4.74 Å². The predicted octanol–water partition coefficient (Wildman–Crippen LogP) is 4.42. The van der Waals surface area contributed by atoms with Gasteiger partial charge in [0.15, 0.2) is 0 Å². The van der Waals surface area contributed by atoms with Crippen molar-refractivity contribution >= 4 is 0 Å². The van der Waals surface area contributed by atoms with Crippen LogP contribution in [0.1, 0.15) is 22.9 Å². The molecular weight excluding hydrogens is 293 g/mol. The molecule has 114 valence electrons. The van der Waals surface area contributed by atoms with Gasteiger partial charge >= 0.3 is 6.36 Å². The van der Waals surface area contributed by atoms with Crippen LogP contribution in [0.3, 0.4) is 0 Å². The number of alkyl halides is 3. The van der Waals surface area contributed by atoms with E-state index < -0.39 is 6.36 Å². The minimum absolute atomic E-state index is 0.221. The van der Waals surface area contributed by atoms with E-state index in [0.29, 0.717) is 5.56 Å². The van der Waals surface area contributed by atoms with Crippen molar-refractivity contribution in [2.75, 3.05) is 0 Å². The van der Waals surface area contributed by atoms with Crippen molar-refractivity contribution < 1.29 is 17.9 Å². The highest BCUT2D eigenvalue weighted by Crippen LogP contribution is 2.33. The smallest absolute Gasteiger partial charge is 0.406 e. The molecule has 0 fully saturated rings. The molecule has 3 rings (SSSR count). The highest BCUT2D eigenvalue weighted by Gasteiger charge is 2.31. The number of aromatic nitrogens is 2. The molecule has 0 aliphatic rings. The Morgan fingerprint density at radius 2 is 1.50 bits per heavy atom. The van der Waals surface area contributed by atoms with E-state index in [4.69, 9.17) is 0 Å². The molecule has 0 amide bonds. The monoisotopic (exact) mass is 306 g/mol. The summed E-state index contributed by atoms with van der Waals surface area (Å²) in [6.07, 6.45) is -1.14. The van der Waals surface area contributed by atoms with Crippen LogP contribution >= 0.6 is 0 Å². The Kier molecular flexibility index (Phi) is 3.66. The third-order valence-corrected chi connectivity index (χ3v) is 3.29. The molecule has 0 saturated heterocycles. The maximum Gasteiger partial charge on any atom is 0.573 e. The molecule has 0 aliphatic heterocycles. The quantitative estimate of drug-likeness (QED) is 0.736. The summed E-state index contributed by atoms with van der Waals surface area (Å²) in [4.78, 5) is 6.22. The fraction of sp³-hybridized carbons (Fsp3) is 0.125. The van der Waals surface area contributed by atoms with Crippen molar-refractivity contribution in [3.05, 3.63) is 77.9 Å². The van der Waals surface area contributed by atoms with Crippen LogP contribution in [0.2, 0.25) is 0 Å². The highest BCUT2D eigenvalue weighted by molar-refractivity contribution is 5.41. The summed E-state index contributed by atoms with van der Waals surface area (Å²) in [7, 11) is 0. The van der Waals surface area contributed by atoms with Crippen LogP contribution in [0.25, 0.3) is 0 Å². The average Bonchev–Trinajstić information content (AvgIpc) is 3.11. The van der Waals surface area contributed by atoms with Crippen LogP contribution in [0.4, 0.5) is 13.2 Å². The van der Waals surface area contributed by atoms with E-state index in [-0.39, 0.29) is 11.7 Å². The van der Waals surface area contributed by atoms with Crippen molar-refractivity contribution in [2.45, 2.75) is 12.3 Å². The zero-order valence-electron chi connectivity index (χ0n) is 11.4. The number of nitrogens with one attached hydrogen (secondary N) is 2. The number of benzene rings is 1. The van der Waals surface area contributed by atoms with Crippen molar-refractivity contribution in [1.82, 2.24) is 9.97 Å². The molecule has 2 N–H and O–H groups in total. The first-order valence-electron chi connectivity index (χ1n) is 6.65. The molecule has 1 aromatic carbocycles. The van der Waals surface area contributed by atoms with Gasteiger partial charge in [-0.1, -0.05) is 12.1 Å². The Morgan fingerprint density at radius 3 is 2.00 bits per heavy atom. The third-order valence-electron chi connectivity index (χ3n) is 3.29. The summed E-state index contributed by atoms with van der Waals surface area (Å²) >= 11 is 0. The lowest BCUT2D eigenvalue weighted by atomic mass is 9.92. The Labute approximate surface area is 124 Å². The maximum atomic E-state index is 12.4. The van der Waals surface area contributed by atoms with Crippen LogP contribution in [-0.4, -0.2) is 16.3 Å². The van der Waals surface area contributed by atoms with Gasteiger partial charge in [-0.25, -0.2) is 0 Å². The fourth-order valence-corrected chi connectivity index (χ4v) is 2.47. The Bertz CT molecular complexity index is 684. The van der Waals surface area contributed by atoms with Gasteiger partial charge in [0.25, 0.3) is 0 Å². The van der Waals surface area contributed by atoms with E-state index in [0.717, 1.165) is 11.4 Å². The molecule has 0 spiro atoms. The fourth-order valence-electron chi connectivity index (χ4n) is 2.47. The Balaban J connectivity index is 2.00. The van der Waals surface area contributed by atoms with E-state index >= 15 is 0 Å². The number of hydrogen-bond donors (Lipinski definition) is 2. The van der Waals surface area contributed by atoms with Gasteiger partial charge in [-0.2, -0.15) is 0 Å². The molecular formula is C16H13F3N2O. The molecule has 0 bridgehead atoms. The van der Waals surface area contributed by atoms with Gasteiger partial charge in [0.05, 0.1) is 5.92 Å². The number of hydrogen-bond acceptors (Lipinski definition) is 1. The number of ether oxygens (including phenoxy) is 1. The molecule has 0 saturated carbocycles. The van der Waals surface area contributed by atoms with Gasteiger partial charge < -0.3 is 14.7 Å². The van der Waals surface area contributed by atoms with Gasteiger partial charge in [-0.15, -0.1) is 13.2 Å². The lowest BCUT2D eigenvalue weighted by molar-refractivity contribution is -0.274. The largest absolute Gasteiger partial charge is 0.573 e. The molecule has 0 unspecified atom stereocenters. The second-order valence-corrected chi connectivity index (χ2v) is 4.80. The van der Waals surface area contributed by atoms with Crippen LogP contribution in [0, 0.1) is 0 Å². The summed E-state index contributed by atoms with van der Waals surface area (Å²) in [5.41, 5.74) is 2.46. The SMILES string of the molecule is FC(F)(F)Oc1cccc(C(c2ccc[nH]2)c2ccc[nH]2)c1. The van der Waals surface area contributed by atoms with Gasteiger partial charge in [-0.05, 0) is 42.0 Å². The molecule has 2 aromatic heterocycles. The van der Waals surface area contributed by atoms with E-state index in [2.05, 4.69) is 14.7 Å². The summed E-state index contributed by atoms with van der Waals surface area (Å²) in [6.45, 7) is 0. The Morgan fingerprint density at radius 1 is 0.864 bits per heavy atom. The van der Waals surface area contributed by atoms with Crippen LogP contribution in [-0.2, 0) is 0 Å². The van der Waals surface area contributed by atoms with Crippen molar-refractivity contribution in [2.24, 2.45) is 0 Å². The maximum absolute atomic E-state index is 12.4. The first kappa shape index (κ1) is 14.3. The predicted molar refractivity (Wildman–Crippen MR) is 75.7 cm³/mol. The summed E-state index contributed by atoms with van der Waals surface area (Å²) in [5.74, 6) is -0.449.